The Bertz CT molecular complexity index is 592. The van der Waals surface area contributed by atoms with Gasteiger partial charge in [0.05, 0.1) is 0 Å². The molecule has 0 amide bonds. The summed E-state index contributed by atoms with van der Waals surface area (Å²) in [5.74, 6) is -1.18. The molecule has 0 bridgehead atoms. The van der Waals surface area contributed by atoms with Crippen LogP contribution in [-0.2, 0) is 0 Å². The molecule has 2 rings (SSSR count). The van der Waals surface area contributed by atoms with Gasteiger partial charge in [-0.3, -0.25) is 0 Å². The molecule has 3 N–H and O–H groups in total. The highest BCUT2D eigenvalue weighted by Crippen LogP contribution is 2.25. The highest BCUT2D eigenvalue weighted by atomic mass is 16.5. The lowest BCUT2D eigenvalue weighted by molar-refractivity contribution is 0.0731. The molecule has 0 unspecified atom stereocenters. The normalized spacial score (nSPS) is 10.0. The van der Waals surface area contributed by atoms with Gasteiger partial charge in [-0.25, -0.2) is 4.79 Å². The summed E-state index contributed by atoms with van der Waals surface area (Å²) in [4.78, 5) is 11.7. The van der Waals surface area contributed by atoms with Crippen LogP contribution < -0.4 is 4.74 Å². The Labute approximate surface area is 103 Å². The zero-order valence-electron chi connectivity index (χ0n) is 9.20. The van der Waals surface area contributed by atoms with Gasteiger partial charge >= 0.3 is 5.97 Å². The smallest absolute Gasteiger partial charge is 0.347 e. The fraction of sp³-hybridized carbons (Fsp3) is 0. The van der Waals surface area contributed by atoms with Gasteiger partial charge in [0.1, 0.15) is 28.6 Å². The van der Waals surface area contributed by atoms with Crippen molar-refractivity contribution in [1.29, 1.82) is 0 Å². The van der Waals surface area contributed by atoms with Gasteiger partial charge in [-0.05, 0) is 30.3 Å². The Morgan fingerprint density at radius 3 is 2.39 bits per heavy atom. The quantitative estimate of drug-likeness (QED) is 0.428. The molecule has 0 fully saturated rings. The number of benzene rings is 2. The van der Waals surface area contributed by atoms with Crippen molar-refractivity contribution in [2.45, 2.75) is 0 Å². The van der Waals surface area contributed by atoms with Gasteiger partial charge in [0.2, 0.25) is 0 Å². The molecular weight excluding hydrogens is 236 g/mol. The van der Waals surface area contributed by atoms with Crippen molar-refractivity contribution in [3.63, 3.8) is 0 Å². The molecule has 18 heavy (non-hydrogen) atoms. The largest absolute Gasteiger partial charge is 0.508 e. The van der Waals surface area contributed by atoms with E-state index >= 15 is 0 Å². The Kier molecular flexibility index (Phi) is 3.05. The molecule has 0 radical (unpaired) electrons. The van der Waals surface area contributed by atoms with Crippen LogP contribution in [0.3, 0.4) is 0 Å². The van der Waals surface area contributed by atoms with Crippen LogP contribution in [0.15, 0.2) is 42.5 Å². The first-order valence-corrected chi connectivity index (χ1v) is 5.09. The molecule has 0 saturated carbocycles. The highest BCUT2D eigenvalue weighted by Gasteiger charge is 2.14. The van der Waals surface area contributed by atoms with E-state index in [4.69, 9.17) is 4.74 Å². The Balaban J connectivity index is 2.24. The van der Waals surface area contributed by atoms with E-state index in [-0.39, 0.29) is 28.6 Å². The van der Waals surface area contributed by atoms with Crippen molar-refractivity contribution in [3.8, 4) is 23.0 Å². The van der Waals surface area contributed by atoms with E-state index in [1.54, 1.807) is 0 Å². The molecule has 5 nitrogen and oxygen atoms in total. The fourth-order valence-corrected chi connectivity index (χ4v) is 1.40. The summed E-state index contributed by atoms with van der Waals surface area (Å²) < 4.78 is 4.95. The van der Waals surface area contributed by atoms with Gasteiger partial charge in [0.25, 0.3) is 0 Å². The monoisotopic (exact) mass is 246 g/mol. The molecular formula is C13H10O5. The lowest BCUT2D eigenvalue weighted by Gasteiger charge is -2.06. The van der Waals surface area contributed by atoms with Gasteiger partial charge in [-0.1, -0.05) is 6.07 Å². The van der Waals surface area contributed by atoms with Crippen LogP contribution in [-0.4, -0.2) is 21.3 Å². The van der Waals surface area contributed by atoms with E-state index in [1.165, 1.54) is 36.4 Å². The van der Waals surface area contributed by atoms with Crippen molar-refractivity contribution >= 4 is 5.97 Å². The van der Waals surface area contributed by atoms with E-state index in [2.05, 4.69) is 0 Å². The predicted octanol–water partition coefficient (Wildman–Crippen LogP) is 2.02. The van der Waals surface area contributed by atoms with Gasteiger partial charge in [-0.2, -0.15) is 0 Å². The number of phenolic OH excluding ortho intramolecular Hbond substituents is 3. The number of hydrogen-bond acceptors (Lipinski definition) is 5. The Morgan fingerprint density at radius 1 is 0.944 bits per heavy atom. The number of carbonyl (C=O) groups excluding carboxylic acids is 1. The van der Waals surface area contributed by atoms with E-state index in [0.29, 0.717) is 0 Å². The van der Waals surface area contributed by atoms with Crippen LogP contribution in [0.2, 0.25) is 0 Å². The number of carbonyl (C=O) groups is 1. The third-order valence-corrected chi connectivity index (χ3v) is 2.23. The average molecular weight is 246 g/mol. The summed E-state index contributed by atoms with van der Waals surface area (Å²) in [7, 11) is 0. The van der Waals surface area contributed by atoms with Crippen molar-refractivity contribution < 1.29 is 24.9 Å². The minimum Gasteiger partial charge on any atom is -0.508 e. The molecule has 2 aromatic carbocycles. The number of hydrogen-bond donors (Lipinski definition) is 3. The van der Waals surface area contributed by atoms with Crippen LogP contribution in [0.4, 0.5) is 0 Å². The summed E-state index contributed by atoms with van der Waals surface area (Å²) in [6, 6.07) is 9.23. The van der Waals surface area contributed by atoms with Crippen molar-refractivity contribution in [2.24, 2.45) is 0 Å². The standard InChI is InChI=1S/C13H10O5/c14-8-2-1-3-10(6-8)18-13(17)11-7-9(15)4-5-12(11)16/h1-7,14-16H. The van der Waals surface area contributed by atoms with E-state index in [0.717, 1.165) is 6.07 Å². The summed E-state index contributed by atoms with van der Waals surface area (Å²) in [5, 5.41) is 27.9. The summed E-state index contributed by atoms with van der Waals surface area (Å²) in [6.45, 7) is 0. The van der Waals surface area contributed by atoms with Crippen LogP contribution in [0.5, 0.6) is 23.0 Å². The summed E-state index contributed by atoms with van der Waals surface area (Å²) in [5.41, 5.74) is -0.154. The second kappa shape index (κ2) is 4.67. The molecule has 2 aromatic rings. The van der Waals surface area contributed by atoms with Crippen LogP contribution >= 0.6 is 0 Å². The second-order valence-electron chi connectivity index (χ2n) is 3.59. The molecule has 0 atom stereocenters. The number of rotatable bonds is 2. The van der Waals surface area contributed by atoms with Gasteiger partial charge in [0.15, 0.2) is 0 Å². The maximum Gasteiger partial charge on any atom is 0.347 e. The molecule has 0 heterocycles. The minimum absolute atomic E-state index is 0.0413. The summed E-state index contributed by atoms with van der Waals surface area (Å²) in [6.07, 6.45) is 0. The predicted molar refractivity (Wildman–Crippen MR) is 62.8 cm³/mol. The fourth-order valence-electron chi connectivity index (χ4n) is 1.40. The highest BCUT2D eigenvalue weighted by molar-refractivity contribution is 5.94. The van der Waals surface area contributed by atoms with Crippen molar-refractivity contribution in [3.05, 3.63) is 48.0 Å². The molecule has 0 aromatic heterocycles. The summed E-state index contributed by atoms with van der Waals surface area (Å²) >= 11 is 0. The van der Waals surface area contributed by atoms with Crippen LogP contribution in [0.25, 0.3) is 0 Å². The zero-order chi connectivity index (χ0) is 13.1. The first-order valence-electron chi connectivity index (χ1n) is 5.09. The van der Waals surface area contributed by atoms with Gasteiger partial charge in [-0.15, -0.1) is 0 Å². The maximum atomic E-state index is 11.7. The van der Waals surface area contributed by atoms with Crippen molar-refractivity contribution in [1.82, 2.24) is 0 Å². The molecule has 92 valence electrons. The van der Waals surface area contributed by atoms with E-state index in [9.17, 15) is 20.1 Å². The van der Waals surface area contributed by atoms with Gasteiger partial charge < -0.3 is 20.1 Å². The molecule has 5 heteroatoms. The minimum atomic E-state index is -0.825. The molecule has 0 spiro atoms. The molecule has 0 aliphatic rings. The molecule has 0 aliphatic carbocycles. The number of esters is 1. The zero-order valence-corrected chi connectivity index (χ0v) is 9.20. The Morgan fingerprint density at radius 2 is 1.67 bits per heavy atom. The number of aromatic hydroxyl groups is 3. The molecule has 0 saturated heterocycles. The Hall–Kier alpha value is -2.69. The van der Waals surface area contributed by atoms with Gasteiger partial charge in [0, 0.05) is 6.07 Å². The number of phenols is 3. The molecule has 0 aliphatic heterocycles. The first kappa shape index (κ1) is 11.8. The van der Waals surface area contributed by atoms with Crippen LogP contribution in [0, 0.1) is 0 Å². The maximum absolute atomic E-state index is 11.7. The third kappa shape index (κ3) is 2.52. The SMILES string of the molecule is O=C(Oc1cccc(O)c1)c1cc(O)ccc1O. The van der Waals surface area contributed by atoms with Crippen LogP contribution in [0.1, 0.15) is 10.4 Å². The number of ether oxygens (including phenoxy) is 1. The second-order valence-corrected chi connectivity index (χ2v) is 3.59. The lowest BCUT2D eigenvalue weighted by Crippen LogP contribution is -2.08. The topological polar surface area (TPSA) is 87.0 Å². The van der Waals surface area contributed by atoms with E-state index in [1.807, 2.05) is 0 Å². The first-order chi connectivity index (χ1) is 8.56. The average Bonchev–Trinajstić information content (AvgIpc) is 2.32. The van der Waals surface area contributed by atoms with Crippen molar-refractivity contribution in [2.75, 3.05) is 0 Å². The third-order valence-electron chi connectivity index (χ3n) is 2.23. The van der Waals surface area contributed by atoms with E-state index < -0.39 is 5.97 Å². The lowest BCUT2D eigenvalue weighted by atomic mass is 10.2.